The molecule has 0 aliphatic carbocycles. The molecule has 1 aliphatic rings. The number of piperazine rings is 1. The first-order chi connectivity index (χ1) is 11.3. The first-order valence-corrected chi connectivity index (χ1v) is 7.48. The molecule has 0 bridgehead atoms. The van der Waals surface area contributed by atoms with Crippen molar-refractivity contribution in [3.63, 3.8) is 0 Å². The highest BCUT2D eigenvalue weighted by Gasteiger charge is 2.24. The van der Waals surface area contributed by atoms with Crippen molar-refractivity contribution in [3.05, 3.63) is 30.2 Å². The molecule has 7 heteroatoms. The van der Waals surface area contributed by atoms with Gasteiger partial charge in [-0.15, -0.1) is 0 Å². The molecule has 0 saturated carbocycles. The second-order valence-electron chi connectivity index (χ2n) is 5.56. The van der Waals surface area contributed by atoms with Gasteiger partial charge in [0.15, 0.2) is 5.58 Å². The fourth-order valence-corrected chi connectivity index (χ4v) is 2.85. The van der Waals surface area contributed by atoms with Crippen LogP contribution in [-0.2, 0) is 0 Å². The zero-order valence-electron chi connectivity index (χ0n) is 12.6. The van der Waals surface area contributed by atoms with Crippen molar-refractivity contribution < 1.29 is 8.83 Å². The van der Waals surface area contributed by atoms with Gasteiger partial charge in [-0.3, -0.25) is 0 Å². The van der Waals surface area contributed by atoms with Crippen LogP contribution in [0.4, 0.5) is 6.01 Å². The van der Waals surface area contributed by atoms with Gasteiger partial charge in [-0.1, -0.05) is 0 Å². The van der Waals surface area contributed by atoms with Gasteiger partial charge in [-0.2, -0.15) is 10.2 Å². The van der Waals surface area contributed by atoms with E-state index in [2.05, 4.69) is 33.2 Å². The molecule has 2 aromatic heterocycles. The minimum Gasteiger partial charge on any atom is -0.444 e. The maximum Gasteiger partial charge on any atom is 0.298 e. The van der Waals surface area contributed by atoms with E-state index in [-0.39, 0.29) is 6.04 Å². The number of aromatic nitrogens is 2. The van der Waals surface area contributed by atoms with E-state index in [1.54, 1.807) is 18.3 Å². The van der Waals surface area contributed by atoms with Crippen LogP contribution in [0.15, 0.2) is 33.4 Å². The van der Waals surface area contributed by atoms with Crippen LogP contribution in [0.25, 0.3) is 22.6 Å². The lowest BCUT2D eigenvalue weighted by Gasteiger charge is -2.32. The molecule has 1 atom stereocenters. The van der Waals surface area contributed by atoms with E-state index >= 15 is 0 Å². The Morgan fingerprint density at radius 1 is 1.43 bits per heavy atom. The number of hydrogen-bond donors (Lipinski definition) is 1. The Morgan fingerprint density at radius 3 is 3.09 bits per heavy atom. The second-order valence-corrected chi connectivity index (χ2v) is 5.56. The van der Waals surface area contributed by atoms with Gasteiger partial charge in [0.05, 0.1) is 23.4 Å². The number of benzene rings is 1. The van der Waals surface area contributed by atoms with E-state index in [9.17, 15) is 5.26 Å². The van der Waals surface area contributed by atoms with E-state index < -0.39 is 0 Å². The summed E-state index contributed by atoms with van der Waals surface area (Å²) in [5.41, 5.74) is 2.37. The Morgan fingerprint density at radius 2 is 2.35 bits per heavy atom. The summed E-state index contributed by atoms with van der Waals surface area (Å²) in [6.45, 7) is 4.72. The summed E-state index contributed by atoms with van der Waals surface area (Å²) in [5, 5.41) is 12.6. The SMILES string of the molecule is CC1CNCCN1c1nc2cc(C#N)cc(-c3ncco3)c2o1. The smallest absolute Gasteiger partial charge is 0.298 e. The van der Waals surface area contributed by atoms with Gasteiger partial charge < -0.3 is 19.1 Å². The molecule has 4 rings (SSSR count). The highest BCUT2D eigenvalue weighted by Crippen LogP contribution is 2.33. The molecule has 1 aromatic carbocycles. The van der Waals surface area contributed by atoms with Crippen LogP contribution in [0.5, 0.6) is 0 Å². The Balaban J connectivity index is 1.87. The summed E-state index contributed by atoms with van der Waals surface area (Å²) in [6.07, 6.45) is 3.06. The molecule has 3 heterocycles. The monoisotopic (exact) mass is 309 g/mol. The molecular formula is C16H15N5O2. The Bertz CT molecular complexity index is 878. The number of oxazole rings is 2. The lowest BCUT2D eigenvalue weighted by Crippen LogP contribution is -2.50. The summed E-state index contributed by atoms with van der Waals surface area (Å²) >= 11 is 0. The zero-order chi connectivity index (χ0) is 15.8. The third-order valence-electron chi connectivity index (χ3n) is 4.02. The van der Waals surface area contributed by atoms with Crippen molar-refractivity contribution in [2.24, 2.45) is 0 Å². The number of nitriles is 1. The first-order valence-electron chi connectivity index (χ1n) is 7.48. The average Bonchev–Trinajstić information content (AvgIpc) is 3.23. The van der Waals surface area contributed by atoms with Crippen molar-refractivity contribution in [2.45, 2.75) is 13.0 Å². The van der Waals surface area contributed by atoms with Crippen LogP contribution in [-0.4, -0.2) is 35.6 Å². The van der Waals surface area contributed by atoms with E-state index in [1.165, 1.54) is 6.26 Å². The number of nitrogens with zero attached hydrogens (tertiary/aromatic N) is 4. The lowest BCUT2D eigenvalue weighted by molar-refractivity contribution is 0.456. The molecule has 1 aliphatic heterocycles. The highest BCUT2D eigenvalue weighted by molar-refractivity contribution is 5.90. The molecule has 1 fully saturated rings. The van der Waals surface area contributed by atoms with Crippen molar-refractivity contribution in [3.8, 4) is 17.5 Å². The van der Waals surface area contributed by atoms with Crippen molar-refractivity contribution >= 4 is 17.1 Å². The maximum absolute atomic E-state index is 9.24. The summed E-state index contributed by atoms with van der Waals surface area (Å²) in [5.74, 6) is 0.420. The highest BCUT2D eigenvalue weighted by atomic mass is 16.4. The molecule has 7 nitrogen and oxygen atoms in total. The number of anilines is 1. The first kappa shape index (κ1) is 13.8. The molecule has 1 N–H and O–H groups in total. The maximum atomic E-state index is 9.24. The summed E-state index contributed by atoms with van der Waals surface area (Å²) < 4.78 is 11.4. The van der Waals surface area contributed by atoms with Gasteiger partial charge in [-0.05, 0) is 19.1 Å². The standard InChI is InChI=1S/C16H15N5O2/c1-10-9-18-2-4-21(10)16-20-13-7-11(8-17)6-12(14(13)23-16)15-19-3-5-22-15/h3,5-7,10,18H,2,4,9H2,1H3. The molecule has 1 unspecified atom stereocenters. The predicted octanol–water partition coefficient (Wildman–Crippen LogP) is 2.15. The number of fused-ring (bicyclic) bond motifs is 1. The fraction of sp³-hybridized carbons (Fsp3) is 0.312. The van der Waals surface area contributed by atoms with Gasteiger partial charge in [0.2, 0.25) is 5.89 Å². The molecule has 0 amide bonds. The lowest BCUT2D eigenvalue weighted by atomic mass is 10.1. The number of nitrogens with one attached hydrogen (secondary N) is 1. The molecule has 3 aromatic rings. The second kappa shape index (κ2) is 5.41. The van der Waals surface area contributed by atoms with Crippen LogP contribution >= 0.6 is 0 Å². The summed E-state index contributed by atoms with van der Waals surface area (Å²) in [4.78, 5) is 10.9. The molecule has 0 radical (unpaired) electrons. The quantitative estimate of drug-likeness (QED) is 0.775. The van der Waals surface area contributed by atoms with Gasteiger partial charge in [0.1, 0.15) is 11.8 Å². The fourth-order valence-electron chi connectivity index (χ4n) is 2.85. The largest absolute Gasteiger partial charge is 0.444 e. The third kappa shape index (κ3) is 2.33. The minimum absolute atomic E-state index is 0.289. The Hall–Kier alpha value is -2.85. The summed E-state index contributed by atoms with van der Waals surface area (Å²) in [6, 6.07) is 6.44. The molecule has 23 heavy (non-hydrogen) atoms. The topological polar surface area (TPSA) is 91.1 Å². The van der Waals surface area contributed by atoms with Crippen LogP contribution in [0, 0.1) is 11.3 Å². The minimum atomic E-state index is 0.289. The van der Waals surface area contributed by atoms with Crippen LogP contribution in [0.3, 0.4) is 0 Å². The summed E-state index contributed by atoms with van der Waals surface area (Å²) in [7, 11) is 0. The molecule has 1 saturated heterocycles. The van der Waals surface area contributed by atoms with Crippen LogP contribution in [0.1, 0.15) is 12.5 Å². The molecule has 116 valence electrons. The number of rotatable bonds is 2. The normalized spacial score (nSPS) is 18.3. The molecular weight excluding hydrogens is 294 g/mol. The van der Waals surface area contributed by atoms with Crippen LogP contribution in [0.2, 0.25) is 0 Å². The van der Waals surface area contributed by atoms with Gasteiger partial charge in [0, 0.05) is 25.7 Å². The van der Waals surface area contributed by atoms with Gasteiger partial charge in [-0.25, -0.2) is 4.98 Å². The average molecular weight is 309 g/mol. The van der Waals surface area contributed by atoms with Gasteiger partial charge in [0.25, 0.3) is 6.01 Å². The van der Waals surface area contributed by atoms with Crippen molar-refractivity contribution in [1.29, 1.82) is 5.26 Å². The van der Waals surface area contributed by atoms with Crippen LogP contribution < -0.4 is 10.2 Å². The predicted molar refractivity (Wildman–Crippen MR) is 83.9 cm³/mol. The molecule has 0 spiro atoms. The van der Waals surface area contributed by atoms with Crippen molar-refractivity contribution in [1.82, 2.24) is 15.3 Å². The van der Waals surface area contributed by atoms with E-state index in [1.807, 2.05) is 0 Å². The van der Waals surface area contributed by atoms with E-state index in [4.69, 9.17) is 8.83 Å². The number of hydrogen-bond acceptors (Lipinski definition) is 7. The third-order valence-corrected chi connectivity index (χ3v) is 4.02. The van der Waals surface area contributed by atoms with E-state index in [0.717, 1.165) is 19.6 Å². The van der Waals surface area contributed by atoms with E-state index in [0.29, 0.717) is 34.1 Å². The van der Waals surface area contributed by atoms with Gasteiger partial charge >= 0.3 is 0 Å². The van der Waals surface area contributed by atoms with Crippen molar-refractivity contribution in [2.75, 3.05) is 24.5 Å². The Kier molecular flexibility index (Phi) is 3.24. The zero-order valence-corrected chi connectivity index (χ0v) is 12.6. The Labute approximate surface area is 132 Å².